The van der Waals surface area contributed by atoms with Crippen LogP contribution in [0, 0.1) is 5.92 Å². The highest BCUT2D eigenvalue weighted by molar-refractivity contribution is 7.92. The Kier molecular flexibility index (Phi) is 7.01. The van der Waals surface area contributed by atoms with Crippen molar-refractivity contribution in [3.05, 3.63) is 65.7 Å². The summed E-state index contributed by atoms with van der Waals surface area (Å²) in [5.41, 5.74) is 3.37. The molecular weight excluding hydrogens is 380 g/mol. The summed E-state index contributed by atoms with van der Waals surface area (Å²) >= 11 is 0. The molecule has 1 fully saturated rings. The quantitative estimate of drug-likeness (QED) is 0.682. The van der Waals surface area contributed by atoms with E-state index in [2.05, 4.69) is 59.9 Å². The number of hydrogen-bond donors (Lipinski definition) is 1. The number of sulfonamides is 1. The number of aryl methyl sites for hydroxylation is 1. The number of piperidine rings is 1. The highest BCUT2D eigenvalue weighted by Gasteiger charge is 2.37. The van der Waals surface area contributed by atoms with Gasteiger partial charge in [-0.1, -0.05) is 56.3 Å². The van der Waals surface area contributed by atoms with Gasteiger partial charge in [-0.15, -0.1) is 0 Å². The fourth-order valence-corrected chi connectivity index (χ4v) is 4.92. The van der Waals surface area contributed by atoms with Gasteiger partial charge in [0.2, 0.25) is 10.0 Å². The average molecular weight is 415 g/mol. The van der Waals surface area contributed by atoms with E-state index in [9.17, 15) is 8.42 Å². The van der Waals surface area contributed by atoms with Crippen LogP contribution in [-0.4, -0.2) is 38.7 Å². The molecule has 2 aromatic rings. The number of benzene rings is 2. The van der Waals surface area contributed by atoms with Crippen molar-refractivity contribution in [1.29, 1.82) is 0 Å². The lowest BCUT2D eigenvalue weighted by Gasteiger charge is -2.45. The Labute approximate surface area is 176 Å². The summed E-state index contributed by atoms with van der Waals surface area (Å²) in [4.78, 5) is 2.58. The maximum absolute atomic E-state index is 11.9. The SMILES string of the molecule is CCS(=O)(=O)Nc1cccc([C@@]2(C)CCN(CCCc3ccccc3)C[C@@H]2C)c1. The van der Waals surface area contributed by atoms with Crippen LogP contribution in [0.2, 0.25) is 0 Å². The van der Waals surface area contributed by atoms with Crippen LogP contribution in [0.4, 0.5) is 5.69 Å². The number of nitrogens with one attached hydrogen (secondary N) is 1. The van der Waals surface area contributed by atoms with Crippen molar-refractivity contribution in [3.8, 4) is 0 Å². The van der Waals surface area contributed by atoms with Crippen molar-refractivity contribution in [1.82, 2.24) is 4.90 Å². The molecule has 0 amide bonds. The monoisotopic (exact) mass is 414 g/mol. The Hall–Kier alpha value is -1.85. The molecule has 0 aromatic heterocycles. The van der Waals surface area contributed by atoms with Gasteiger partial charge in [0.15, 0.2) is 0 Å². The van der Waals surface area contributed by atoms with Gasteiger partial charge in [-0.05, 0) is 73.9 Å². The minimum Gasteiger partial charge on any atom is -0.303 e. The molecule has 5 heteroatoms. The van der Waals surface area contributed by atoms with Crippen LogP contribution in [0.1, 0.15) is 44.7 Å². The molecule has 2 atom stereocenters. The van der Waals surface area contributed by atoms with Crippen LogP contribution < -0.4 is 4.72 Å². The second-order valence-corrected chi connectivity index (χ2v) is 10.6. The number of rotatable bonds is 8. The lowest BCUT2D eigenvalue weighted by molar-refractivity contribution is 0.110. The van der Waals surface area contributed by atoms with Crippen molar-refractivity contribution in [2.24, 2.45) is 5.92 Å². The van der Waals surface area contributed by atoms with Gasteiger partial charge in [0, 0.05) is 12.2 Å². The Morgan fingerprint density at radius 2 is 1.90 bits per heavy atom. The zero-order valence-corrected chi connectivity index (χ0v) is 18.7. The predicted octanol–water partition coefficient (Wildman–Crippen LogP) is 4.68. The van der Waals surface area contributed by atoms with Gasteiger partial charge in [0.25, 0.3) is 0 Å². The van der Waals surface area contributed by atoms with Crippen molar-refractivity contribution >= 4 is 15.7 Å². The number of anilines is 1. The number of hydrogen-bond acceptors (Lipinski definition) is 3. The third-order valence-corrected chi connectivity index (χ3v) is 7.83. The molecule has 158 valence electrons. The van der Waals surface area contributed by atoms with Crippen molar-refractivity contribution in [2.45, 2.75) is 45.4 Å². The van der Waals surface area contributed by atoms with E-state index in [0.717, 1.165) is 32.5 Å². The number of nitrogens with zero attached hydrogens (tertiary/aromatic N) is 1. The van der Waals surface area contributed by atoms with E-state index in [0.29, 0.717) is 11.6 Å². The fourth-order valence-electron chi connectivity index (χ4n) is 4.29. The van der Waals surface area contributed by atoms with Crippen LogP contribution >= 0.6 is 0 Å². The van der Waals surface area contributed by atoms with Crippen LogP contribution in [0.15, 0.2) is 54.6 Å². The van der Waals surface area contributed by atoms with Crippen LogP contribution in [0.3, 0.4) is 0 Å². The second kappa shape index (κ2) is 9.31. The van der Waals surface area contributed by atoms with Gasteiger partial charge < -0.3 is 4.90 Å². The van der Waals surface area contributed by atoms with Crippen molar-refractivity contribution < 1.29 is 8.42 Å². The molecule has 1 saturated heterocycles. The largest absolute Gasteiger partial charge is 0.303 e. The summed E-state index contributed by atoms with van der Waals surface area (Å²) < 4.78 is 26.6. The van der Waals surface area contributed by atoms with Gasteiger partial charge in [0.1, 0.15) is 0 Å². The van der Waals surface area contributed by atoms with Gasteiger partial charge in [0.05, 0.1) is 5.75 Å². The maximum Gasteiger partial charge on any atom is 0.232 e. The Morgan fingerprint density at radius 3 is 2.59 bits per heavy atom. The highest BCUT2D eigenvalue weighted by atomic mass is 32.2. The third kappa shape index (κ3) is 5.61. The molecule has 0 bridgehead atoms. The predicted molar refractivity (Wildman–Crippen MR) is 122 cm³/mol. The van der Waals surface area contributed by atoms with E-state index >= 15 is 0 Å². The minimum absolute atomic E-state index is 0.0591. The van der Waals surface area contributed by atoms with Crippen LogP contribution in [0.5, 0.6) is 0 Å². The van der Waals surface area contributed by atoms with Crippen molar-refractivity contribution in [3.63, 3.8) is 0 Å². The second-order valence-electron chi connectivity index (χ2n) is 8.54. The first-order valence-corrected chi connectivity index (χ1v) is 12.3. The van der Waals surface area contributed by atoms with Gasteiger partial charge in [-0.3, -0.25) is 4.72 Å². The zero-order chi connectivity index (χ0) is 20.9. The first-order chi connectivity index (χ1) is 13.8. The molecule has 0 unspecified atom stereocenters. The Morgan fingerprint density at radius 1 is 1.14 bits per heavy atom. The number of likely N-dealkylation sites (tertiary alicyclic amines) is 1. The van der Waals surface area contributed by atoms with E-state index in [1.807, 2.05) is 18.2 Å². The summed E-state index contributed by atoms with van der Waals surface area (Å²) in [7, 11) is -3.25. The van der Waals surface area contributed by atoms with E-state index in [4.69, 9.17) is 0 Å². The molecule has 0 spiro atoms. The standard InChI is InChI=1S/C24H34N2O2S/c1-4-29(27,28)25-23-14-8-13-22(18-23)24(3)15-17-26(19-20(24)2)16-9-12-21-10-6-5-7-11-21/h5-8,10-11,13-14,18,20,25H,4,9,12,15-17,19H2,1-3H3/t20-,24-/m0/s1. The van der Waals surface area contributed by atoms with Gasteiger partial charge in [-0.25, -0.2) is 8.42 Å². The van der Waals surface area contributed by atoms with E-state index < -0.39 is 10.0 Å². The average Bonchev–Trinajstić information content (AvgIpc) is 2.71. The summed E-state index contributed by atoms with van der Waals surface area (Å²) in [5.74, 6) is 0.592. The highest BCUT2D eigenvalue weighted by Crippen LogP contribution is 2.40. The van der Waals surface area contributed by atoms with E-state index in [1.54, 1.807) is 6.92 Å². The lowest BCUT2D eigenvalue weighted by atomic mass is 9.68. The Bertz CT molecular complexity index is 898. The minimum atomic E-state index is -3.25. The molecule has 1 aliphatic heterocycles. The summed E-state index contributed by atoms with van der Waals surface area (Å²) in [6.45, 7) is 9.60. The van der Waals surface area contributed by atoms with Crippen LogP contribution in [-0.2, 0) is 21.9 Å². The molecule has 1 aliphatic rings. The fraction of sp³-hybridized carbons (Fsp3) is 0.500. The van der Waals surface area contributed by atoms with E-state index in [1.165, 1.54) is 17.5 Å². The third-order valence-electron chi connectivity index (χ3n) is 6.53. The molecule has 29 heavy (non-hydrogen) atoms. The molecule has 3 rings (SSSR count). The normalized spacial score (nSPS) is 23.1. The van der Waals surface area contributed by atoms with Crippen molar-refractivity contribution in [2.75, 3.05) is 30.1 Å². The molecule has 2 aromatic carbocycles. The summed E-state index contributed by atoms with van der Waals surface area (Å²) in [6.07, 6.45) is 3.40. The molecule has 0 radical (unpaired) electrons. The van der Waals surface area contributed by atoms with E-state index in [-0.39, 0.29) is 11.2 Å². The maximum atomic E-state index is 11.9. The molecule has 4 nitrogen and oxygen atoms in total. The molecule has 0 aliphatic carbocycles. The van der Waals surface area contributed by atoms with Crippen LogP contribution in [0.25, 0.3) is 0 Å². The first-order valence-electron chi connectivity index (χ1n) is 10.7. The molecule has 1 N–H and O–H groups in total. The molecule has 1 heterocycles. The summed E-state index contributed by atoms with van der Waals surface area (Å²) in [5, 5.41) is 0. The first kappa shape index (κ1) is 21.8. The lowest BCUT2D eigenvalue weighted by Crippen LogP contribution is -2.47. The smallest absolute Gasteiger partial charge is 0.232 e. The molecular formula is C24H34N2O2S. The zero-order valence-electron chi connectivity index (χ0n) is 17.9. The topological polar surface area (TPSA) is 49.4 Å². The Balaban J connectivity index is 1.60. The van der Waals surface area contributed by atoms with Gasteiger partial charge in [-0.2, -0.15) is 0 Å². The molecule has 0 saturated carbocycles. The summed E-state index contributed by atoms with van der Waals surface area (Å²) in [6, 6.07) is 18.7. The van der Waals surface area contributed by atoms with Gasteiger partial charge >= 0.3 is 0 Å².